The van der Waals surface area contributed by atoms with Gasteiger partial charge in [0.25, 0.3) is 0 Å². The zero-order valence-electron chi connectivity index (χ0n) is 13.4. The van der Waals surface area contributed by atoms with Gasteiger partial charge in [0.05, 0.1) is 6.61 Å². The third kappa shape index (κ3) is 3.41. The summed E-state index contributed by atoms with van der Waals surface area (Å²) in [7, 11) is 0. The predicted octanol–water partition coefficient (Wildman–Crippen LogP) is 2.77. The SMILES string of the molecule is O=C(Nc1cccc(-c2nnco2)c1)N(C[C@H]1CCOC1)C1CC1. The molecule has 4 rings (SSSR count). The van der Waals surface area contributed by atoms with Crippen LogP contribution in [-0.4, -0.2) is 46.9 Å². The van der Waals surface area contributed by atoms with Gasteiger partial charge in [-0.2, -0.15) is 0 Å². The normalized spacial score (nSPS) is 20.1. The van der Waals surface area contributed by atoms with Crippen LogP contribution in [0.15, 0.2) is 35.1 Å². The zero-order valence-corrected chi connectivity index (χ0v) is 13.4. The molecule has 1 atom stereocenters. The highest BCUT2D eigenvalue weighted by Crippen LogP contribution is 2.30. The number of urea groups is 1. The van der Waals surface area contributed by atoms with Crippen molar-refractivity contribution in [3.05, 3.63) is 30.7 Å². The second-order valence-electron chi connectivity index (χ2n) is 6.37. The largest absolute Gasteiger partial charge is 0.423 e. The summed E-state index contributed by atoms with van der Waals surface area (Å²) >= 11 is 0. The molecule has 1 aliphatic heterocycles. The molecule has 24 heavy (non-hydrogen) atoms. The maximum absolute atomic E-state index is 12.7. The Balaban J connectivity index is 1.45. The second kappa shape index (κ2) is 6.60. The summed E-state index contributed by atoms with van der Waals surface area (Å²) in [5, 5.41) is 10.6. The van der Waals surface area contributed by atoms with Crippen LogP contribution in [0.1, 0.15) is 19.3 Å². The van der Waals surface area contributed by atoms with Crippen LogP contribution in [-0.2, 0) is 4.74 Å². The molecule has 2 aromatic rings. The van der Waals surface area contributed by atoms with Crippen molar-refractivity contribution in [2.24, 2.45) is 5.92 Å². The fraction of sp³-hybridized carbons (Fsp3) is 0.471. The van der Waals surface area contributed by atoms with Crippen LogP contribution in [0, 0.1) is 5.92 Å². The van der Waals surface area contributed by atoms with Crippen molar-refractivity contribution in [3.8, 4) is 11.5 Å². The lowest BCUT2D eigenvalue weighted by Gasteiger charge is -2.25. The van der Waals surface area contributed by atoms with Crippen molar-refractivity contribution >= 4 is 11.7 Å². The minimum absolute atomic E-state index is 0.0490. The molecule has 1 saturated heterocycles. The van der Waals surface area contributed by atoms with E-state index in [9.17, 15) is 4.79 Å². The van der Waals surface area contributed by atoms with Gasteiger partial charge in [0.1, 0.15) is 0 Å². The number of benzene rings is 1. The maximum Gasteiger partial charge on any atom is 0.322 e. The number of carbonyl (C=O) groups is 1. The first-order valence-electron chi connectivity index (χ1n) is 8.31. The van der Waals surface area contributed by atoms with Crippen LogP contribution >= 0.6 is 0 Å². The summed E-state index contributed by atoms with van der Waals surface area (Å²) < 4.78 is 10.6. The molecule has 1 aromatic heterocycles. The first-order valence-corrected chi connectivity index (χ1v) is 8.31. The molecular weight excluding hydrogens is 308 g/mol. The number of aromatic nitrogens is 2. The average molecular weight is 328 g/mol. The Morgan fingerprint density at radius 3 is 2.96 bits per heavy atom. The Morgan fingerprint density at radius 2 is 2.25 bits per heavy atom. The number of carbonyl (C=O) groups excluding carboxylic acids is 1. The molecular formula is C17H20N4O3. The quantitative estimate of drug-likeness (QED) is 0.913. The lowest BCUT2D eigenvalue weighted by molar-refractivity contribution is 0.167. The highest BCUT2D eigenvalue weighted by molar-refractivity contribution is 5.90. The van der Waals surface area contributed by atoms with E-state index in [1.807, 2.05) is 29.2 Å². The van der Waals surface area contributed by atoms with Gasteiger partial charge in [-0.3, -0.25) is 0 Å². The van der Waals surface area contributed by atoms with Crippen LogP contribution in [0.4, 0.5) is 10.5 Å². The van der Waals surface area contributed by atoms with Crippen molar-refractivity contribution < 1.29 is 13.9 Å². The molecule has 0 unspecified atom stereocenters. The van der Waals surface area contributed by atoms with Gasteiger partial charge >= 0.3 is 6.03 Å². The molecule has 1 N–H and O–H groups in total. The second-order valence-corrected chi connectivity index (χ2v) is 6.37. The molecule has 126 valence electrons. The zero-order chi connectivity index (χ0) is 16.4. The standard InChI is InChI=1S/C17H20N4O3/c22-17(21(15-4-5-15)9-12-6-7-23-10-12)19-14-3-1-2-13(8-14)16-20-18-11-24-16/h1-3,8,11-12,15H,4-7,9-10H2,(H,19,22)/t12-/m1/s1. The van der Waals surface area contributed by atoms with E-state index in [1.165, 1.54) is 6.39 Å². The number of hydrogen-bond acceptors (Lipinski definition) is 5. The summed E-state index contributed by atoms with van der Waals surface area (Å²) in [5.41, 5.74) is 1.51. The number of nitrogens with one attached hydrogen (secondary N) is 1. The summed E-state index contributed by atoms with van der Waals surface area (Å²) in [4.78, 5) is 14.7. The number of hydrogen-bond donors (Lipinski definition) is 1. The fourth-order valence-electron chi connectivity index (χ4n) is 3.01. The lowest BCUT2D eigenvalue weighted by Crippen LogP contribution is -2.40. The monoisotopic (exact) mass is 328 g/mol. The van der Waals surface area contributed by atoms with Gasteiger partial charge in [0.15, 0.2) is 0 Å². The Morgan fingerprint density at radius 1 is 1.33 bits per heavy atom. The van der Waals surface area contributed by atoms with E-state index in [-0.39, 0.29) is 6.03 Å². The molecule has 0 bridgehead atoms. The van der Waals surface area contributed by atoms with E-state index in [1.54, 1.807) is 0 Å². The van der Waals surface area contributed by atoms with Crippen LogP contribution in [0.5, 0.6) is 0 Å². The maximum atomic E-state index is 12.7. The van der Waals surface area contributed by atoms with Crippen LogP contribution in [0.25, 0.3) is 11.5 Å². The van der Waals surface area contributed by atoms with Gasteiger partial charge in [-0.05, 0) is 37.5 Å². The van der Waals surface area contributed by atoms with Crippen molar-refractivity contribution in [3.63, 3.8) is 0 Å². The minimum Gasteiger partial charge on any atom is -0.423 e. The molecule has 7 nitrogen and oxygen atoms in total. The smallest absolute Gasteiger partial charge is 0.322 e. The number of rotatable bonds is 5. The topological polar surface area (TPSA) is 80.5 Å². The summed E-state index contributed by atoms with van der Waals surface area (Å²) in [5.74, 6) is 0.884. The summed E-state index contributed by atoms with van der Waals surface area (Å²) in [6.07, 6.45) is 4.49. The van der Waals surface area contributed by atoms with Gasteiger partial charge in [0.2, 0.25) is 12.3 Å². The molecule has 2 fully saturated rings. The molecule has 1 aromatic carbocycles. The predicted molar refractivity (Wildman–Crippen MR) is 87.4 cm³/mol. The molecule has 7 heteroatoms. The number of nitrogens with zero attached hydrogens (tertiary/aromatic N) is 3. The molecule has 0 spiro atoms. The van der Waals surface area contributed by atoms with Crippen molar-refractivity contribution in [1.82, 2.24) is 15.1 Å². The Hall–Kier alpha value is -2.41. The van der Waals surface area contributed by atoms with Gasteiger partial charge < -0.3 is 19.4 Å². The molecule has 2 aliphatic rings. The highest BCUT2D eigenvalue weighted by atomic mass is 16.5. The van der Waals surface area contributed by atoms with Crippen molar-refractivity contribution in [2.45, 2.75) is 25.3 Å². The van der Waals surface area contributed by atoms with Gasteiger partial charge in [-0.15, -0.1) is 10.2 Å². The minimum atomic E-state index is -0.0490. The highest BCUT2D eigenvalue weighted by Gasteiger charge is 2.34. The lowest BCUT2D eigenvalue weighted by atomic mass is 10.1. The summed E-state index contributed by atoms with van der Waals surface area (Å²) in [6.45, 7) is 2.32. The first-order chi connectivity index (χ1) is 11.8. The molecule has 2 heterocycles. The first kappa shape index (κ1) is 15.1. The van der Waals surface area contributed by atoms with Crippen molar-refractivity contribution in [2.75, 3.05) is 25.1 Å². The van der Waals surface area contributed by atoms with Crippen molar-refractivity contribution in [1.29, 1.82) is 0 Å². The average Bonchev–Trinajstić information content (AvgIpc) is 3.08. The molecule has 0 radical (unpaired) electrons. The fourth-order valence-corrected chi connectivity index (χ4v) is 3.01. The Kier molecular flexibility index (Phi) is 4.17. The molecule has 1 aliphatic carbocycles. The van der Waals surface area contributed by atoms with Gasteiger partial charge in [-0.25, -0.2) is 4.79 Å². The number of anilines is 1. The van der Waals surface area contributed by atoms with Gasteiger partial charge in [0, 0.05) is 36.4 Å². The van der Waals surface area contributed by atoms with Crippen LogP contribution in [0.3, 0.4) is 0 Å². The van der Waals surface area contributed by atoms with E-state index < -0.39 is 0 Å². The number of amides is 2. The van der Waals surface area contributed by atoms with E-state index in [4.69, 9.17) is 9.15 Å². The Labute approximate surface area is 140 Å². The van der Waals surface area contributed by atoms with E-state index >= 15 is 0 Å². The summed E-state index contributed by atoms with van der Waals surface area (Å²) in [6, 6.07) is 7.76. The van der Waals surface area contributed by atoms with E-state index in [0.717, 1.165) is 50.3 Å². The van der Waals surface area contributed by atoms with Crippen LogP contribution < -0.4 is 5.32 Å². The number of ether oxygens (including phenoxy) is 1. The third-order valence-electron chi connectivity index (χ3n) is 4.45. The van der Waals surface area contributed by atoms with Gasteiger partial charge in [-0.1, -0.05) is 6.07 Å². The van der Waals surface area contributed by atoms with E-state index in [0.29, 0.717) is 17.9 Å². The Bertz CT molecular complexity index is 694. The molecule has 1 saturated carbocycles. The van der Waals surface area contributed by atoms with Crippen LogP contribution in [0.2, 0.25) is 0 Å². The molecule has 2 amide bonds. The van der Waals surface area contributed by atoms with E-state index in [2.05, 4.69) is 15.5 Å². The third-order valence-corrected chi connectivity index (χ3v) is 4.45.